The molecule has 0 aromatic rings. The number of carboxylic acid groups (broad SMARTS) is 1. The van der Waals surface area contributed by atoms with Crippen LogP contribution in [0.1, 0.15) is 64.7 Å². The summed E-state index contributed by atoms with van der Waals surface area (Å²) in [5, 5.41) is 8.57. The molecule has 1 saturated carbocycles. The molecule has 92 valence electrons. The molecule has 1 N–H and O–H groups in total. The second-order valence-electron chi connectivity index (χ2n) is 5.55. The summed E-state index contributed by atoms with van der Waals surface area (Å²) in [7, 11) is 0. The Labute approximate surface area is 98.7 Å². The summed E-state index contributed by atoms with van der Waals surface area (Å²) in [6.45, 7) is 6.45. The van der Waals surface area contributed by atoms with Crippen LogP contribution < -0.4 is 0 Å². The van der Waals surface area contributed by atoms with Gasteiger partial charge in [0.1, 0.15) is 0 Å². The molecule has 1 aliphatic rings. The second kappa shape index (κ2) is 6.07. The van der Waals surface area contributed by atoms with Crippen molar-refractivity contribution in [1.82, 2.24) is 0 Å². The molecule has 0 radical (unpaired) electrons. The SMILES string of the molecule is C=C(CCCC(=O)O)CC1(C)CCCCC1. The van der Waals surface area contributed by atoms with Crippen LogP contribution in [0.5, 0.6) is 0 Å². The van der Waals surface area contributed by atoms with Gasteiger partial charge in [-0.3, -0.25) is 4.79 Å². The summed E-state index contributed by atoms with van der Waals surface area (Å²) in [5.41, 5.74) is 1.68. The Morgan fingerprint density at radius 1 is 1.25 bits per heavy atom. The fourth-order valence-electron chi connectivity index (χ4n) is 2.76. The number of carbonyl (C=O) groups is 1. The van der Waals surface area contributed by atoms with Crippen molar-refractivity contribution in [3.8, 4) is 0 Å². The largest absolute Gasteiger partial charge is 0.481 e. The van der Waals surface area contributed by atoms with Gasteiger partial charge in [-0.2, -0.15) is 0 Å². The number of aliphatic carboxylic acids is 1. The summed E-state index contributed by atoms with van der Waals surface area (Å²) in [6, 6.07) is 0. The number of rotatable bonds is 6. The van der Waals surface area contributed by atoms with Crippen LogP contribution >= 0.6 is 0 Å². The van der Waals surface area contributed by atoms with Gasteiger partial charge in [-0.15, -0.1) is 0 Å². The van der Waals surface area contributed by atoms with Crippen molar-refractivity contribution in [2.45, 2.75) is 64.7 Å². The van der Waals surface area contributed by atoms with E-state index in [1.54, 1.807) is 0 Å². The minimum absolute atomic E-state index is 0.274. The Kier molecular flexibility index (Phi) is 5.04. The first-order chi connectivity index (χ1) is 7.52. The highest BCUT2D eigenvalue weighted by atomic mass is 16.4. The molecule has 16 heavy (non-hydrogen) atoms. The highest BCUT2D eigenvalue weighted by molar-refractivity contribution is 5.66. The normalized spacial score (nSPS) is 19.3. The number of carboxylic acids is 1. The molecule has 0 bridgehead atoms. The highest BCUT2D eigenvalue weighted by Crippen LogP contribution is 2.41. The van der Waals surface area contributed by atoms with Gasteiger partial charge < -0.3 is 5.11 Å². The summed E-state index contributed by atoms with van der Waals surface area (Å²) in [5.74, 6) is -0.698. The van der Waals surface area contributed by atoms with E-state index < -0.39 is 5.97 Å². The molecule has 0 unspecified atom stereocenters. The lowest BCUT2D eigenvalue weighted by Gasteiger charge is -2.34. The van der Waals surface area contributed by atoms with Crippen molar-refractivity contribution >= 4 is 5.97 Å². The van der Waals surface area contributed by atoms with E-state index in [0.29, 0.717) is 5.41 Å². The van der Waals surface area contributed by atoms with E-state index in [4.69, 9.17) is 5.11 Å². The fourth-order valence-corrected chi connectivity index (χ4v) is 2.76. The van der Waals surface area contributed by atoms with Gasteiger partial charge in [0, 0.05) is 6.42 Å². The summed E-state index contributed by atoms with van der Waals surface area (Å²) in [6.07, 6.45) is 9.67. The smallest absolute Gasteiger partial charge is 0.303 e. The van der Waals surface area contributed by atoms with E-state index >= 15 is 0 Å². The van der Waals surface area contributed by atoms with E-state index in [2.05, 4.69) is 13.5 Å². The van der Waals surface area contributed by atoms with Crippen LogP contribution in [0.3, 0.4) is 0 Å². The van der Waals surface area contributed by atoms with Crippen molar-refractivity contribution in [2.24, 2.45) is 5.41 Å². The number of allylic oxidation sites excluding steroid dienone is 1. The molecule has 0 aromatic heterocycles. The molecule has 0 spiro atoms. The van der Waals surface area contributed by atoms with Crippen molar-refractivity contribution in [1.29, 1.82) is 0 Å². The zero-order valence-electron chi connectivity index (χ0n) is 10.4. The Bertz CT molecular complexity index is 249. The van der Waals surface area contributed by atoms with Crippen LogP contribution in [0.2, 0.25) is 0 Å². The third kappa shape index (κ3) is 4.82. The first-order valence-corrected chi connectivity index (χ1v) is 6.40. The third-order valence-corrected chi connectivity index (χ3v) is 3.66. The molecule has 1 fully saturated rings. The second-order valence-corrected chi connectivity index (χ2v) is 5.55. The number of hydrogen-bond acceptors (Lipinski definition) is 1. The molecule has 1 aliphatic carbocycles. The maximum Gasteiger partial charge on any atom is 0.303 e. The van der Waals surface area contributed by atoms with E-state index in [0.717, 1.165) is 19.3 Å². The quantitative estimate of drug-likeness (QED) is 0.688. The van der Waals surface area contributed by atoms with Gasteiger partial charge in [-0.05, 0) is 37.5 Å². The van der Waals surface area contributed by atoms with Crippen molar-refractivity contribution in [3.05, 3.63) is 12.2 Å². The molecule has 0 amide bonds. The first kappa shape index (κ1) is 13.3. The average Bonchev–Trinajstić information content (AvgIpc) is 2.17. The predicted octanol–water partition coefficient (Wildman–Crippen LogP) is 4.16. The number of hydrogen-bond donors (Lipinski definition) is 1. The molecule has 1 rings (SSSR count). The lowest BCUT2D eigenvalue weighted by atomic mass is 9.71. The molecule has 2 heteroatoms. The zero-order chi connectivity index (χ0) is 12.0. The minimum atomic E-state index is -0.698. The first-order valence-electron chi connectivity index (χ1n) is 6.40. The van der Waals surface area contributed by atoms with Gasteiger partial charge in [0.25, 0.3) is 0 Å². The Hall–Kier alpha value is -0.790. The van der Waals surface area contributed by atoms with Gasteiger partial charge in [-0.1, -0.05) is 38.3 Å². The molecule has 2 nitrogen and oxygen atoms in total. The van der Waals surface area contributed by atoms with Crippen molar-refractivity contribution in [2.75, 3.05) is 0 Å². The standard InChI is InChI=1S/C14H24O2/c1-12(7-6-8-13(15)16)11-14(2)9-4-3-5-10-14/h1,3-11H2,2H3,(H,15,16). The van der Waals surface area contributed by atoms with Crippen LogP contribution in [0.4, 0.5) is 0 Å². The predicted molar refractivity (Wildman–Crippen MR) is 66.4 cm³/mol. The van der Waals surface area contributed by atoms with E-state index in [-0.39, 0.29) is 6.42 Å². The van der Waals surface area contributed by atoms with E-state index in [1.165, 1.54) is 37.7 Å². The lowest BCUT2D eigenvalue weighted by molar-refractivity contribution is -0.137. The van der Waals surface area contributed by atoms with Gasteiger partial charge in [0.2, 0.25) is 0 Å². The van der Waals surface area contributed by atoms with Crippen LogP contribution in [0, 0.1) is 5.41 Å². The molecule has 0 saturated heterocycles. The topological polar surface area (TPSA) is 37.3 Å². The summed E-state index contributed by atoms with van der Waals surface area (Å²) in [4.78, 5) is 10.4. The van der Waals surface area contributed by atoms with Gasteiger partial charge in [0.05, 0.1) is 0 Å². The molecule has 0 atom stereocenters. The molecular weight excluding hydrogens is 200 g/mol. The monoisotopic (exact) mass is 224 g/mol. The fraction of sp³-hybridized carbons (Fsp3) is 0.786. The summed E-state index contributed by atoms with van der Waals surface area (Å²) < 4.78 is 0. The highest BCUT2D eigenvalue weighted by Gasteiger charge is 2.26. The third-order valence-electron chi connectivity index (χ3n) is 3.66. The Balaban J connectivity index is 2.24. The molecule has 0 aromatic carbocycles. The Morgan fingerprint density at radius 3 is 2.44 bits per heavy atom. The van der Waals surface area contributed by atoms with Crippen LogP contribution in [0.15, 0.2) is 12.2 Å². The minimum Gasteiger partial charge on any atom is -0.481 e. The molecule has 0 aliphatic heterocycles. The van der Waals surface area contributed by atoms with E-state index in [1.807, 2.05) is 0 Å². The average molecular weight is 224 g/mol. The summed E-state index contributed by atoms with van der Waals surface area (Å²) >= 11 is 0. The van der Waals surface area contributed by atoms with Gasteiger partial charge in [0.15, 0.2) is 0 Å². The van der Waals surface area contributed by atoms with Crippen molar-refractivity contribution in [3.63, 3.8) is 0 Å². The zero-order valence-corrected chi connectivity index (χ0v) is 10.4. The maximum absolute atomic E-state index is 10.4. The van der Waals surface area contributed by atoms with E-state index in [9.17, 15) is 4.79 Å². The van der Waals surface area contributed by atoms with Crippen molar-refractivity contribution < 1.29 is 9.90 Å². The molecular formula is C14H24O2. The van der Waals surface area contributed by atoms with Crippen LogP contribution in [-0.2, 0) is 4.79 Å². The Morgan fingerprint density at radius 2 is 1.88 bits per heavy atom. The van der Waals surface area contributed by atoms with Gasteiger partial charge >= 0.3 is 5.97 Å². The maximum atomic E-state index is 10.4. The lowest BCUT2D eigenvalue weighted by Crippen LogP contribution is -2.20. The van der Waals surface area contributed by atoms with Crippen LogP contribution in [0.25, 0.3) is 0 Å². The van der Waals surface area contributed by atoms with Gasteiger partial charge in [-0.25, -0.2) is 0 Å². The van der Waals surface area contributed by atoms with Crippen LogP contribution in [-0.4, -0.2) is 11.1 Å². The molecule has 0 heterocycles.